The van der Waals surface area contributed by atoms with Gasteiger partial charge in [0.2, 0.25) is 0 Å². The first-order valence-electron chi connectivity index (χ1n) is 9.88. The molecule has 8 nitrogen and oxygen atoms in total. The second kappa shape index (κ2) is 9.22. The summed E-state index contributed by atoms with van der Waals surface area (Å²) < 4.78 is 8.72. The van der Waals surface area contributed by atoms with Crippen molar-refractivity contribution in [2.24, 2.45) is 7.05 Å². The molecule has 0 aliphatic rings. The maximum Gasteiger partial charge on any atom is 0.270 e. The van der Waals surface area contributed by atoms with E-state index in [1.807, 2.05) is 59.3 Å². The van der Waals surface area contributed by atoms with E-state index in [0.29, 0.717) is 5.69 Å². The van der Waals surface area contributed by atoms with Gasteiger partial charge in [-0.25, -0.2) is 0 Å². The van der Waals surface area contributed by atoms with E-state index in [4.69, 9.17) is 4.74 Å². The van der Waals surface area contributed by atoms with E-state index < -0.39 is 0 Å². The highest BCUT2D eigenvalue weighted by molar-refractivity contribution is 7.98. The van der Waals surface area contributed by atoms with Gasteiger partial charge < -0.3 is 10.1 Å². The van der Waals surface area contributed by atoms with Gasteiger partial charge in [-0.15, -0.1) is 10.2 Å². The van der Waals surface area contributed by atoms with Crippen LogP contribution in [0.25, 0.3) is 16.9 Å². The van der Waals surface area contributed by atoms with Gasteiger partial charge in [-0.05, 0) is 60.9 Å². The molecule has 1 amide bonds. The summed E-state index contributed by atoms with van der Waals surface area (Å²) in [4.78, 5) is 13.2. The molecule has 0 saturated carbocycles. The Hall–Kier alpha value is -3.33. The Morgan fingerprint density at radius 3 is 2.74 bits per heavy atom. The van der Waals surface area contributed by atoms with Crippen LogP contribution in [0.15, 0.2) is 54.7 Å². The summed E-state index contributed by atoms with van der Waals surface area (Å²) in [5.74, 6) is 2.17. The number of ether oxygens (including phenoxy) is 1. The van der Waals surface area contributed by atoms with Crippen LogP contribution < -0.4 is 10.1 Å². The van der Waals surface area contributed by atoms with Crippen molar-refractivity contribution in [3.05, 3.63) is 66.2 Å². The number of thioether (sulfide) groups is 1. The van der Waals surface area contributed by atoms with Crippen molar-refractivity contribution in [2.75, 3.05) is 19.1 Å². The first-order chi connectivity index (χ1) is 15.1. The summed E-state index contributed by atoms with van der Waals surface area (Å²) in [5.41, 5.74) is 2.87. The smallest absolute Gasteiger partial charge is 0.270 e. The van der Waals surface area contributed by atoms with E-state index in [1.54, 1.807) is 36.7 Å². The molecular weight excluding hydrogens is 412 g/mol. The van der Waals surface area contributed by atoms with Gasteiger partial charge in [0, 0.05) is 18.8 Å². The normalized spacial score (nSPS) is 12.1. The van der Waals surface area contributed by atoms with Crippen LogP contribution in [0.4, 0.5) is 0 Å². The zero-order chi connectivity index (χ0) is 21.8. The van der Waals surface area contributed by atoms with E-state index >= 15 is 0 Å². The number of amides is 1. The predicted molar refractivity (Wildman–Crippen MR) is 121 cm³/mol. The Morgan fingerprint density at radius 1 is 1.19 bits per heavy atom. The van der Waals surface area contributed by atoms with Gasteiger partial charge in [-0.1, -0.05) is 6.07 Å². The molecule has 4 rings (SSSR count). The number of rotatable bonds is 8. The highest BCUT2D eigenvalue weighted by atomic mass is 32.2. The van der Waals surface area contributed by atoms with E-state index in [0.717, 1.165) is 40.7 Å². The third-order valence-corrected chi connectivity index (χ3v) is 5.71. The van der Waals surface area contributed by atoms with Crippen molar-refractivity contribution in [1.82, 2.24) is 29.7 Å². The minimum absolute atomic E-state index is 0.200. The lowest BCUT2D eigenvalue weighted by molar-refractivity contribution is 0.0924. The van der Waals surface area contributed by atoms with Crippen LogP contribution in [0.3, 0.4) is 0 Å². The van der Waals surface area contributed by atoms with Gasteiger partial charge >= 0.3 is 0 Å². The van der Waals surface area contributed by atoms with Crippen molar-refractivity contribution in [3.63, 3.8) is 0 Å². The molecule has 3 aromatic heterocycles. The van der Waals surface area contributed by atoms with Crippen LogP contribution >= 0.6 is 11.8 Å². The van der Waals surface area contributed by atoms with Gasteiger partial charge in [0.05, 0.1) is 18.8 Å². The summed E-state index contributed by atoms with van der Waals surface area (Å²) in [5, 5.41) is 16.2. The monoisotopic (exact) mass is 436 g/mol. The third kappa shape index (κ3) is 4.41. The zero-order valence-corrected chi connectivity index (χ0v) is 18.5. The fourth-order valence-electron chi connectivity index (χ4n) is 3.41. The van der Waals surface area contributed by atoms with Gasteiger partial charge in [0.1, 0.15) is 11.4 Å². The van der Waals surface area contributed by atoms with E-state index in [1.165, 1.54) is 0 Å². The average molecular weight is 437 g/mol. The third-order valence-electron chi connectivity index (χ3n) is 5.07. The Balaban J connectivity index is 1.59. The lowest BCUT2D eigenvalue weighted by Gasteiger charge is -2.17. The Kier molecular flexibility index (Phi) is 6.22. The molecule has 160 valence electrons. The lowest BCUT2D eigenvalue weighted by atomic mass is 10.1. The number of carbonyl (C=O) groups is 1. The van der Waals surface area contributed by atoms with Gasteiger partial charge in [0.15, 0.2) is 11.5 Å². The number of aryl methyl sites for hydroxylation is 1. The van der Waals surface area contributed by atoms with Crippen LogP contribution in [0, 0.1) is 0 Å². The standard InChI is InChI=1S/C22H24N6O2S/c1-27-19(14-18(26-27)15-7-9-16(30-2)10-8-15)22(29)23-17(11-13-31-3)21-25-24-20-6-4-5-12-28(20)21/h4-10,12,14,17H,11,13H2,1-3H3,(H,23,29). The van der Waals surface area contributed by atoms with E-state index in [2.05, 4.69) is 20.6 Å². The number of aromatic nitrogens is 5. The molecule has 0 aliphatic carbocycles. The molecule has 1 N–H and O–H groups in total. The SMILES string of the molecule is COc1ccc(-c2cc(C(=O)NC(CCSC)c3nnc4ccccn34)n(C)n2)cc1. The number of pyridine rings is 1. The van der Waals surface area contributed by atoms with Crippen molar-refractivity contribution < 1.29 is 9.53 Å². The molecule has 3 heterocycles. The van der Waals surface area contributed by atoms with Crippen LogP contribution in [0.1, 0.15) is 28.8 Å². The molecule has 0 saturated heterocycles. The number of nitrogens with one attached hydrogen (secondary N) is 1. The summed E-state index contributed by atoms with van der Waals surface area (Å²) in [6, 6.07) is 14.9. The molecule has 0 aliphatic heterocycles. The van der Waals surface area contributed by atoms with Gasteiger partial charge in [-0.3, -0.25) is 13.9 Å². The van der Waals surface area contributed by atoms with Gasteiger partial charge in [0.25, 0.3) is 5.91 Å². The van der Waals surface area contributed by atoms with Crippen molar-refractivity contribution in [1.29, 1.82) is 0 Å². The topological polar surface area (TPSA) is 86.3 Å². The molecule has 0 spiro atoms. The molecule has 9 heteroatoms. The maximum atomic E-state index is 13.2. The van der Waals surface area contributed by atoms with Crippen LogP contribution in [-0.4, -0.2) is 49.4 Å². The molecule has 1 aromatic carbocycles. The van der Waals surface area contributed by atoms with Crippen LogP contribution in [-0.2, 0) is 7.05 Å². The molecule has 1 atom stereocenters. The van der Waals surface area contributed by atoms with Crippen LogP contribution in [0.2, 0.25) is 0 Å². The highest BCUT2D eigenvalue weighted by Gasteiger charge is 2.23. The fourth-order valence-corrected chi connectivity index (χ4v) is 3.89. The maximum absolute atomic E-state index is 13.2. The number of fused-ring (bicyclic) bond motifs is 1. The van der Waals surface area contributed by atoms with Crippen molar-refractivity contribution >= 4 is 23.3 Å². The predicted octanol–water partition coefficient (Wildman–Crippen LogP) is 3.36. The van der Waals surface area contributed by atoms with Crippen LogP contribution in [0.5, 0.6) is 5.75 Å². The van der Waals surface area contributed by atoms with Gasteiger partial charge in [-0.2, -0.15) is 16.9 Å². The zero-order valence-electron chi connectivity index (χ0n) is 17.6. The van der Waals surface area contributed by atoms with E-state index in [-0.39, 0.29) is 11.9 Å². The number of benzene rings is 1. The molecule has 0 bridgehead atoms. The average Bonchev–Trinajstić information content (AvgIpc) is 3.40. The first-order valence-corrected chi connectivity index (χ1v) is 11.3. The number of carbonyl (C=O) groups excluding carboxylic acids is 1. The number of methoxy groups -OCH3 is 1. The first kappa shape index (κ1) is 20.9. The second-order valence-corrected chi connectivity index (χ2v) is 8.05. The Morgan fingerprint density at radius 2 is 2.00 bits per heavy atom. The summed E-state index contributed by atoms with van der Waals surface area (Å²) in [7, 11) is 3.40. The minimum atomic E-state index is -0.267. The van der Waals surface area contributed by atoms with Crippen molar-refractivity contribution in [3.8, 4) is 17.0 Å². The Labute approximate surface area is 184 Å². The fraction of sp³-hybridized carbons (Fsp3) is 0.273. The summed E-state index contributed by atoms with van der Waals surface area (Å²) in [6.45, 7) is 0. The molecule has 0 radical (unpaired) electrons. The molecule has 0 fully saturated rings. The minimum Gasteiger partial charge on any atom is -0.497 e. The molecule has 1 unspecified atom stereocenters. The second-order valence-electron chi connectivity index (χ2n) is 7.06. The number of nitrogens with zero attached hydrogens (tertiary/aromatic N) is 5. The lowest BCUT2D eigenvalue weighted by Crippen LogP contribution is -2.31. The van der Waals surface area contributed by atoms with Crippen molar-refractivity contribution in [2.45, 2.75) is 12.5 Å². The number of hydrogen-bond acceptors (Lipinski definition) is 6. The van der Waals surface area contributed by atoms with E-state index in [9.17, 15) is 4.79 Å². The largest absolute Gasteiger partial charge is 0.497 e. The highest BCUT2D eigenvalue weighted by Crippen LogP contribution is 2.23. The molecule has 4 aromatic rings. The number of hydrogen-bond donors (Lipinski definition) is 1. The summed E-state index contributed by atoms with van der Waals surface area (Å²) in [6.07, 6.45) is 4.70. The quantitative estimate of drug-likeness (QED) is 0.456. The molecule has 31 heavy (non-hydrogen) atoms. The summed E-state index contributed by atoms with van der Waals surface area (Å²) >= 11 is 1.73. The molecular formula is C22H24N6O2S. The Bertz CT molecular complexity index is 1180.